The largest absolute Gasteiger partial charge is 0.459 e. The van der Waals surface area contributed by atoms with Gasteiger partial charge in [-0.25, -0.2) is 0 Å². The molecular formula is C20H19ClN2O2. The van der Waals surface area contributed by atoms with Crippen molar-refractivity contribution in [1.29, 1.82) is 0 Å². The Morgan fingerprint density at radius 1 is 1.12 bits per heavy atom. The van der Waals surface area contributed by atoms with Crippen LogP contribution in [0.1, 0.15) is 34.6 Å². The second kappa shape index (κ2) is 8.01. The van der Waals surface area contributed by atoms with Gasteiger partial charge in [-0.05, 0) is 42.3 Å². The number of hydrogen-bond donors (Lipinski definition) is 2. The zero-order valence-corrected chi connectivity index (χ0v) is 14.6. The molecule has 2 N–H and O–H groups in total. The summed E-state index contributed by atoms with van der Waals surface area (Å²) in [5, 5.41) is 6.73. The smallest absolute Gasteiger partial charge is 0.291 e. The van der Waals surface area contributed by atoms with Crippen LogP contribution in [0.3, 0.4) is 0 Å². The van der Waals surface area contributed by atoms with E-state index in [2.05, 4.69) is 29.7 Å². The lowest BCUT2D eigenvalue weighted by Crippen LogP contribution is -2.18. The average Bonchev–Trinajstić information content (AvgIpc) is 3.17. The van der Waals surface area contributed by atoms with Crippen molar-refractivity contribution in [3.8, 4) is 0 Å². The predicted molar refractivity (Wildman–Crippen MR) is 99.8 cm³/mol. The first-order chi connectivity index (χ1) is 12.1. The van der Waals surface area contributed by atoms with Crippen LogP contribution in [0.2, 0.25) is 5.02 Å². The minimum Gasteiger partial charge on any atom is -0.459 e. The molecule has 0 spiro atoms. The molecule has 0 bridgehead atoms. The highest BCUT2D eigenvalue weighted by Gasteiger charge is 2.12. The maximum Gasteiger partial charge on any atom is 0.291 e. The van der Waals surface area contributed by atoms with E-state index in [9.17, 15) is 4.79 Å². The van der Waals surface area contributed by atoms with E-state index in [1.807, 2.05) is 30.3 Å². The van der Waals surface area contributed by atoms with Crippen molar-refractivity contribution in [3.63, 3.8) is 0 Å². The van der Waals surface area contributed by atoms with Crippen LogP contribution in [-0.4, -0.2) is 5.91 Å². The Bertz CT molecular complexity index is 832. The summed E-state index contributed by atoms with van der Waals surface area (Å²) < 4.78 is 5.10. The molecule has 128 valence electrons. The number of carbonyl (C=O) groups excluding carboxylic acids is 1. The number of hydrogen-bond acceptors (Lipinski definition) is 3. The quantitative estimate of drug-likeness (QED) is 0.652. The van der Waals surface area contributed by atoms with Gasteiger partial charge in [-0.3, -0.25) is 4.79 Å². The van der Waals surface area contributed by atoms with Crippen LogP contribution in [0.4, 0.5) is 5.69 Å². The first-order valence-electron chi connectivity index (χ1n) is 8.05. The van der Waals surface area contributed by atoms with E-state index < -0.39 is 0 Å². The molecule has 4 nitrogen and oxygen atoms in total. The molecule has 0 aliphatic carbocycles. The molecule has 2 aromatic carbocycles. The highest BCUT2D eigenvalue weighted by Crippen LogP contribution is 2.24. The van der Waals surface area contributed by atoms with Crippen molar-refractivity contribution in [2.24, 2.45) is 0 Å². The van der Waals surface area contributed by atoms with Crippen molar-refractivity contribution in [2.45, 2.75) is 19.5 Å². The molecule has 1 aromatic heterocycles. The number of rotatable bonds is 6. The summed E-state index contributed by atoms with van der Waals surface area (Å²) in [5.74, 6) is -0.0769. The van der Waals surface area contributed by atoms with E-state index in [1.54, 1.807) is 18.2 Å². The third-order valence-electron chi connectivity index (χ3n) is 3.94. The lowest BCUT2D eigenvalue weighted by molar-refractivity contribution is 0.0996. The molecule has 0 aliphatic heterocycles. The van der Waals surface area contributed by atoms with Crippen LogP contribution in [0.15, 0.2) is 71.3 Å². The lowest BCUT2D eigenvalue weighted by Gasteiger charge is -2.15. The van der Waals surface area contributed by atoms with Gasteiger partial charge in [-0.15, -0.1) is 0 Å². The summed E-state index contributed by atoms with van der Waals surface area (Å²) in [6.07, 6.45) is 1.46. The molecular weight excluding hydrogens is 336 g/mol. The highest BCUT2D eigenvalue weighted by molar-refractivity contribution is 6.33. The normalized spacial score (nSPS) is 11.9. The van der Waals surface area contributed by atoms with Crippen molar-refractivity contribution < 1.29 is 9.21 Å². The van der Waals surface area contributed by atoms with Gasteiger partial charge in [-0.2, -0.15) is 0 Å². The Morgan fingerprint density at radius 3 is 2.64 bits per heavy atom. The van der Waals surface area contributed by atoms with Crippen LogP contribution in [-0.2, 0) is 6.54 Å². The third-order valence-corrected chi connectivity index (χ3v) is 4.27. The van der Waals surface area contributed by atoms with Crippen molar-refractivity contribution in [2.75, 3.05) is 5.32 Å². The molecule has 1 atom stereocenters. The topological polar surface area (TPSA) is 54.3 Å². The molecule has 1 unspecified atom stereocenters. The first-order valence-corrected chi connectivity index (χ1v) is 8.43. The van der Waals surface area contributed by atoms with E-state index >= 15 is 0 Å². The Balaban J connectivity index is 1.66. The van der Waals surface area contributed by atoms with Crippen LogP contribution in [0, 0.1) is 0 Å². The Kier molecular flexibility index (Phi) is 5.53. The summed E-state index contributed by atoms with van der Waals surface area (Å²) in [6.45, 7) is 2.78. The standard InChI is InChI=1S/C20H19ClN2O2/c1-14(16-6-3-2-4-7-16)22-13-15-9-10-17(21)18(12-15)23-20(24)19-8-5-11-25-19/h2-12,14,22H,13H2,1H3,(H,23,24). The highest BCUT2D eigenvalue weighted by atomic mass is 35.5. The van der Waals surface area contributed by atoms with Gasteiger partial charge in [0.15, 0.2) is 5.76 Å². The summed E-state index contributed by atoms with van der Waals surface area (Å²) in [4.78, 5) is 12.1. The summed E-state index contributed by atoms with van der Waals surface area (Å²) in [5.41, 5.74) is 2.82. The maximum absolute atomic E-state index is 12.1. The van der Waals surface area contributed by atoms with E-state index in [1.165, 1.54) is 11.8 Å². The second-order valence-electron chi connectivity index (χ2n) is 5.76. The Labute approximate surface area is 151 Å². The first kappa shape index (κ1) is 17.3. The van der Waals surface area contributed by atoms with Gasteiger partial charge < -0.3 is 15.1 Å². The third kappa shape index (κ3) is 4.50. The Hall–Kier alpha value is -2.56. The fraction of sp³-hybridized carbons (Fsp3) is 0.150. The number of benzene rings is 2. The monoisotopic (exact) mass is 354 g/mol. The zero-order valence-electron chi connectivity index (χ0n) is 13.8. The minimum absolute atomic E-state index is 0.220. The van der Waals surface area contributed by atoms with Gasteiger partial charge in [0.1, 0.15) is 0 Å². The molecule has 3 aromatic rings. The van der Waals surface area contributed by atoms with Crippen LogP contribution in [0.5, 0.6) is 0 Å². The number of halogens is 1. The second-order valence-corrected chi connectivity index (χ2v) is 6.17. The molecule has 0 saturated carbocycles. The molecule has 0 saturated heterocycles. The van der Waals surface area contributed by atoms with Gasteiger partial charge in [-0.1, -0.05) is 48.0 Å². The molecule has 25 heavy (non-hydrogen) atoms. The minimum atomic E-state index is -0.324. The van der Waals surface area contributed by atoms with Gasteiger partial charge in [0, 0.05) is 12.6 Å². The van der Waals surface area contributed by atoms with Crippen LogP contribution in [0.25, 0.3) is 0 Å². The van der Waals surface area contributed by atoms with E-state index in [0.29, 0.717) is 17.3 Å². The molecule has 1 amide bonds. The van der Waals surface area contributed by atoms with E-state index in [0.717, 1.165) is 5.56 Å². The molecule has 0 radical (unpaired) electrons. The van der Waals surface area contributed by atoms with Crippen LogP contribution < -0.4 is 10.6 Å². The van der Waals surface area contributed by atoms with E-state index in [4.69, 9.17) is 16.0 Å². The van der Waals surface area contributed by atoms with Gasteiger partial charge in [0.25, 0.3) is 5.91 Å². The number of carbonyl (C=O) groups is 1. The van der Waals surface area contributed by atoms with Crippen LogP contribution >= 0.6 is 11.6 Å². The van der Waals surface area contributed by atoms with Gasteiger partial charge in [0.2, 0.25) is 0 Å². The fourth-order valence-corrected chi connectivity index (χ4v) is 2.67. The summed E-state index contributed by atoms with van der Waals surface area (Å²) in [6, 6.07) is 19.3. The number of anilines is 1. The lowest BCUT2D eigenvalue weighted by atomic mass is 10.1. The maximum atomic E-state index is 12.1. The summed E-state index contributed by atoms with van der Waals surface area (Å²) in [7, 11) is 0. The van der Waals surface area contributed by atoms with Gasteiger partial charge >= 0.3 is 0 Å². The molecule has 5 heteroatoms. The fourth-order valence-electron chi connectivity index (χ4n) is 2.50. The number of furan rings is 1. The van der Waals surface area contributed by atoms with E-state index in [-0.39, 0.29) is 17.7 Å². The molecule has 0 fully saturated rings. The summed E-state index contributed by atoms with van der Waals surface area (Å²) >= 11 is 6.19. The molecule has 1 heterocycles. The SMILES string of the molecule is CC(NCc1ccc(Cl)c(NC(=O)c2ccco2)c1)c1ccccc1. The Morgan fingerprint density at radius 2 is 1.92 bits per heavy atom. The van der Waals surface area contributed by atoms with Crippen molar-refractivity contribution >= 4 is 23.2 Å². The molecule has 0 aliphatic rings. The van der Waals surface area contributed by atoms with Gasteiger partial charge in [0.05, 0.1) is 17.0 Å². The van der Waals surface area contributed by atoms with Crippen molar-refractivity contribution in [3.05, 3.63) is 88.8 Å². The molecule has 3 rings (SSSR count). The average molecular weight is 355 g/mol. The number of nitrogens with one attached hydrogen (secondary N) is 2. The predicted octanol–water partition coefficient (Wildman–Crippen LogP) is 5.04. The van der Waals surface area contributed by atoms with Crippen molar-refractivity contribution in [1.82, 2.24) is 5.32 Å². The zero-order chi connectivity index (χ0) is 17.6. The number of amides is 1.